The minimum atomic E-state index is 0.728. The Hall–Kier alpha value is -4.23. The van der Waals surface area contributed by atoms with E-state index < -0.39 is 0 Å². The topological polar surface area (TPSA) is 82.3 Å². The van der Waals surface area contributed by atoms with E-state index in [2.05, 4.69) is 79.8 Å². The second kappa shape index (κ2) is 11.5. The van der Waals surface area contributed by atoms with Gasteiger partial charge in [0.1, 0.15) is 5.69 Å². The molecule has 5 heterocycles. The fourth-order valence-electron chi connectivity index (χ4n) is 5.72. The lowest BCUT2D eigenvalue weighted by Crippen LogP contribution is -2.16. The van der Waals surface area contributed by atoms with E-state index in [4.69, 9.17) is 4.98 Å². The van der Waals surface area contributed by atoms with Crippen molar-refractivity contribution in [1.82, 2.24) is 30.5 Å². The highest BCUT2D eigenvalue weighted by Crippen LogP contribution is 2.35. The number of hydrogen-bond acceptors (Lipinski definition) is 5. The third kappa shape index (κ3) is 5.29. The summed E-state index contributed by atoms with van der Waals surface area (Å²) in [7, 11) is 0. The van der Waals surface area contributed by atoms with E-state index in [1.807, 2.05) is 31.6 Å². The molecule has 0 bridgehead atoms. The molecule has 0 atom stereocenters. The number of pyridine rings is 2. The zero-order chi connectivity index (χ0) is 27.5. The van der Waals surface area contributed by atoms with E-state index in [0.717, 1.165) is 73.8 Å². The third-order valence-corrected chi connectivity index (χ3v) is 8.48. The molecule has 1 fully saturated rings. The van der Waals surface area contributed by atoms with Crippen LogP contribution in [0, 0.1) is 5.92 Å². The molecule has 0 aromatic carbocycles. The van der Waals surface area contributed by atoms with Crippen LogP contribution >= 0.6 is 11.3 Å². The monoisotopic (exact) mass is 546 g/mol. The zero-order valence-electron chi connectivity index (χ0n) is 22.8. The first-order valence-electron chi connectivity index (χ1n) is 13.9. The van der Waals surface area contributed by atoms with E-state index in [-0.39, 0.29) is 0 Å². The van der Waals surface area contributed by atoms with Gasteiger partial charge in [0.2, 0.25) is 0 Å². The maximum absolute atomic E-state index is 4.75. The molecule has 0 aliphatic heterocycles. The second-order valence-corrected chi connectivity index (χ2v) is 11.3. The van der Waals surface area contributed by atoms with Crippen LogP contribution < -0.4 is 5.32 Å². The van der Waals surface area contributed by atoms with Crippen LogP contribution in [0.3, 0.4) is 0 Å². The molecular formula is C33H34N6S. The van der Waals surface area contributed by atoms with Crippen LogP contribution in [-0.2, 0) is 0 Å². The Labute approximate surface area is 238 Å². The van der Waals surface area contributed by atoms with Crippen LogP contribution in [0.25, 0.3) is 49.9 Å². The Balaban J connectivity index is 1.29. The van der Waals surface area contributed by atoms with Crippen molar-refractivity contribution in [2.75, 3.05) is 0 Å². The Kier molecular flexibility index (Phi) is 7.47. The Morgan fingerprint density at radius 1 is 1.12 bits per heavy atom. The smallest absolute Gasteiger partial charge is 0.116 e. The average Bonchev–Trinajstić information content (AvgIpc) is 3.74. The van der Waals surface area contributed by atoms with Crippen molar-refractivity contribution in [1.29, 1.82) is 0 Å². The maximum atomic E-state index is 4.75. The summed E-state index contributed by atoms with van der Waals surface area (Å²) in [6, 6.07) is 6.38. The maximum Gasteiger partial charge on any atom is 0.116 e. The second-order valence-electron chi connectivity index (χ2n) is 10.5. The predicted octanol–water partition coefficient (Wildman–Crippen LogP) is 8.78. The van der Waals surface area contributed by atoms with Gasteiger partial charge in [0.15, 0.2) is 0 Å². The fourth-order valence-corrected chi connectivity index (χ4v) is 6.38. The van der Waals surface area contributed by atoms with Crippen LogP contribution in [-0.4, -0.2) is 25.1 Å². The molecular weight excluding hydrogens is 512 g/mol. The number of rotatable bonds is 9. The summed E-state index contributed by atoms with van der Waals surface area (Å²) >= 11 is 1.68. The summed E-state index contributed by atoms with van der Waals surface area (Å²) in [6.07, 6.45) is 19.3. The quantitative estimate of drug-likeness (QED) is 0.161. The lowest BCUT2D eigenvalue weighted by Gasteiger charge is -2.23. The van der Waals surface area contributed by atoms with Crippen molar-refractivity contribution in [2.24, 2.45) is 5.92 Å². The number of allylic oxidation sites excluding steroid dienone is 5. The summed E-state index contributed by atoms with van der Waals surface area (Å²) < 4.78 is 0. The molecule has 1 saturated carbocycles. The van der Waals surface area contributed by atoms with Gasteiger partial charge < -0.3 is 10.3 Å². The minimum absolute atomic E-state index is 0.728. The van der Waals surface area contributed by atoms with Gasteiger partial charge in [0.25, 0.3) is 0 Å². The first-order valence-corrected chi connectivity index (χ1v) is 14.9. The van der Waals surface area contributed by atoms with Gasteiger partial charge >= 0.3 is 0 Å². The zero-order valence-corrected chi connectivity index (χ0v) is 23.7. The molecule has 0 spiro atoms. The number of thiophene rings is 1. The molecule has 6 rings (SSSR count). The number of fused-ring (bicyclic) bond motifs is 2. The molecule has 5 aromatic rings. The summed E-state index contributed by atoms with van der Waals surface area (Å²) in [6.45, 7) is 10.4. The number of aromatic amines is 2. The van der Waals surface area contributed by atoms with Crippen molar-refractivity contribution < 1.29 is 0 Å². The average molecular weight is 547 g/mol. The summed E-state index contributed by atoms with van der Waals surface area (Å²) in [5.74, 6) is 0.728. The minimum Gasteiger partial charge on any atom is -0.359 e. The van der Waals surface area contributed by atoms with E-state index in [0.29, 0.717) is 0 Å². The standard InChI is InChI=1S/C33H34N6S/c1-4-23(14-25(5-2)36-21(3)13-22-9-7-6-8-10-22)29-16-27-32(19-35-29)38-39-33(27)30-15-26-28(24-11-12-40-20-24)17-34-18-31(26)37-30/h4-5,11-12,14-20,22,36-37H,2-3,6-10,13H2,1H3,(H,38,39)/b23-4+,25-14+. The summed E-state index contributed by atoms with van der Waals surface area (Å²) in [5.41, 5.74) is 9.78. The van der Waals surface area contributed by atoms with E-state index in [9.17, 15) is 0 Å². The van der Waals surface area contributed by atoms with Crippen molar-refractivity contribution in [3.63, 3.8) is 0 Å². The van der Waals surface area contributed by atoms with Crippen molar-refractivity contribution in [2.45, 2.75) is 45.4 Å². The van der Waals surface area contributed by atoms with Gasteiger partial charge in [-0.15, -0.1) is 0 Å². The van der Waals surface area contributed by atoms with Gasteiger partial charge in [-0.05, 0) is 71.5 Å². The first kappa shape index (κ1) is 26.0. The molecule has 3 N–H and O–H groups in total. The Bertz CT molecular complexity index is 1730. The molecule has 0 radical (unpaired) electrons. The fraction of sp³-hybridized carbons (Fsp3) is 0.242. The molecule has 7 heteroatoms. The molecule has 1 aliphatic carbocycles. The van der Waals surface area contributed by atoms with Crippen LogP contribution in [0.15, 0.2) is 90.3 Å². The molecule has 0 unspecified atom stereocenters. The summed E-state index contributed by atoms with van der Waals surface area (Å²) in [5, 5.41) is 17.7. The molecule has 0 amide bonds. The molecule has 0 saturated heterocycles. The van der Waals surface area contributed by atoms with Gasteiger partial charge in [-0.3, -0.25) is 15.1 Å². The highest BCUT2D eigenvalue weighted by Gasteiger charge is 2.17. The third-order valence-electron chi connectivity index (χ3n) is 7.80. The first-order chi connectivity index (χ1) is 19.6. The Morgan fingerprint density at radius 2 is 2.00 bits per heavy atom. The van der Waals surface area contributed by atoms with E-state index in [1.54, 1.807) is 11.3 Å². The van der Waals surface area contributed by atoms with Crippen LogP contribution in [0.5, 0.6) is 0 Å². The van der Waals surface area contributed by atoms with Gasteiger partial charge in [-0.2, -0.15) is 16.4 Å². The number of hydrogen-bond donors (Lipinski definition) is 3. The van der Waals surface area contributed by atoms with Crippen molar-refractivity contribution in [3.8, 4) is 22.5 Å². The number of aromatic nitrogens is 5. The highest BCUT2D eigenvalue weighted by atomic mass is 32.1. The molecule has 40 heavy (non-hydrogen) atoms. The molecule has 6 nitrogen and oxygen atoms in total. The highest BCUT2D eigenvalue weighted by molar-refractivity contribution is 7.08. The van der Waals surface area contributed by atoms with E-state index >= 15 is 0 Å². The lowest BCUT2D eigenvalue weighted by atomic mass is 9.86. The van der Waals surface area contributed by atoms with E-state index in [1.165, 1.54) is 37.7 Å². The van der Waals surface area contributed by atoms with Gasteiger partial charge in [0.05, 0.1) is 34.8 Å². The van der Waals surface area contributed by atoms with Crippen LogP contribution in [0.1, 0.15) is 51.1 Å². The van der Waals surface area contributed by atoms with Crippen LogP contribution in [0.4, 0.5) is 0 Å². The lowest BCUT2D eigenvalue weighted by molar-refractivity contribution is 0.353. The number of nitrogens with zero attached hydrogens (tertiary/aromatic N) is 3. The Morgan fingerprint density at radius 3 is 2.77 bits per heavy atom. The number of nitrogens with one attached hydrogen (secondary N) is 3. The summed E-state index contributed by atoms with van der Waals surface area (Å²) in [4.78, 5) is 12.7. The largest absolute Gasteiger partial charge is 0.359 e. The number of H-pyrrole nitrogens is 2. The van der Waals surface area contributed by atoms with Gasteiger partial charge in [0, 0.05) is 33.9 Å². The van der Waals surface area contributed by atoms with Crippen molar-refractivity contribution >= 4 is 38.7 Å². The predicted molar refractivity (Wildman–Crippen MR) is 168 cm³/mol. The SMILES string of the molecule is C=C/C(=C\C(=C/C)c1cc2c(-c3cc4c(-c5ccsc5)cncc4[nH]3)n[nH]c2cn1)NC(=C)CC1CCCCC1. The van der Waals surface area contributed by atoms with Crippen molar-refractivity contribution in [3.05, 3.63) is 96.0 Å². The van der Waals surface area contributed by atoms with Crippen LogP contribution in [0.2, 0.25) is 0 Å². The molecule has 1 aliphatic rings. The van der Waals surface area contributed by atoms with Gasteiger partial charge in [-0.1, -0.05) is 51.3 Å². The normalized spacial score (nSPS) is 15.1. The molecule has 202 valence electrons. The molecule has 5 aromatic heterocycles. The van der Waals surface area contributed by atoms with Gasteiger partial charge in [-0.25, -0.2) is 0 Å².